The first-order chi connectivity index (χ1) is 15.1. The maximum Gasteiger partial charge on any atom is 0.142 e. The summed E-state index contributed by atoms with van der Waals surface area (Å²) in [5.41, 5.74) is 6.09. The first-order valence-corrected chi connectivity index (χ1v) is 12.1. The summed E-state index contributed by atoms with van der Waals surface area (Å²) in [6.07, 6.45) is 10.3. The molecule has 0 bridgehead atoms. The second kappa shape index (κ2) is 10.5. The third-order valence-electron chi connectivity index (χ3n) is 6.90. The lowest BCUT2D eigenvalue weighted by Gasteiger charge is -2.28. The van der Waals surface area contributed by atoms with E-state index in [9.17, 15) is 4.39 Å². The molecule has 1 fully saturated rings. The van der Waals surface area contributed by atoms with Crippen LogP contribution in [-0.4, -0.2) is 0 Å². The number of aryl methyl sites for hydroxylation is 2. The van der Waals surface area contributed by atoms with Gasteiger partial charge in [0.25, 0.3) is 0 Å². The number of hydrogen-bond acceptors (Lipinski definition) is 0. The van der Waals surface area contributed by atoms with Crippen molar-refractivity contribution >= 4 is 11.6 Å². The summed E-state index contributed by atoms with van der Waals surface area (Å²) in [7, 11) is 0. The van der Waals surface area contributed by atoms with E-state index in [0.29, 0.717) is 0 Å². The minimum Gasteiger partial charge on any atom is -0.205 e. The lowest BCUT2D eigenvalue weighted by Crippen LogP contribution is -2.13. The molecular formula is C29H32ClF. The van der Waals surface area contributed by atoms with Crippen LogP contribution in [0.4, 0.5) is 4.39 Å². The molecule has 0 aromatic heterocycles. The predicted molar refractivity (Wildman–Crippen MR) is 130 cm³/mol. The monoisotopic (exact) mass is 434 g/mol. The van der Waals surface area contributed by atoms with Crippen molar-refractivity contribution in [1.82, 2.24) is 0 Å². The van der Waals surface area contributed by atoms with Gasteiger partial charge in [0.1, 0.15) is 5.82 Å². The normalized spacial score (nSPS) is 18.8. The molecule has 0 spiro atoms. The zero-order valence-corrected chi connectivity index (χ0v) is 19.2. The van der Waals surface area contributed by atoms with Crippen LogP contribution < -0.4 is 0 Å². The Labute approximate surface area is 191 Å². The smallest absolute Gasteiger partial charge is 0.142 e. The summed E-state index contributed by atoms with van der Waals surface area (Å²) in [5.74, 6) is 1.35. The van der Waals surface area contributed by atoms with E-state index in [2.05, 4.69) is 55.5 Å². The zero-order valence-electron chi connectivity index (χ0n) is 18.4. The zero-order chi connectivity index (χ0) is 21.6. The van der Waals surface area contributed by atoms with E-state index in [1.54, 1.807) is 6.07 Å². The van der Waals surface area contributed by atoms with Crippen LogP contribution in [0.25, 0.3) is 11.1 Å². The van der Waals surface area contributed by atoms with Gasteiger partial charge in [-0.15, -0.1) is 0 Å². The molecule has 0 saturated heterocycles. The van der Waals surface area contributed by atoms with Crippen molar-refractivity contribution in [2.24, 2.45) is 5.92 Å². The Kier molecular flexibility index (Phi) is 7.45. The summed E-state index contributed by atoms with van der Waals surface area (Å²) >= 11 is 5.79. The van der Waals surface area contributed by atoms with Crippen LogP contribution in [0.5, 0.6) is 0 Å². The standard InChI is InChI=1S/C29H32ClF/c1-2-3-21-6-12-24(13-7-21)25-14-8-22(9-15-25)4-5-23-10-16-26(17-11-23)27-18-19-28(30)29(31)20-27/h8-11,14-21,24H,2-7,12-13H2,1H3. The van der Waals surface area contributed by atoms with Gasteiger partial charge >= 0.3 is 0 Å². The molecule has 0 radical (unpaired) electrons. The molecule has 0 amide bonds. The molecule has 0 heterocycles. The highest BCUT2D eigenvalue weighted by molar-refractivity contribution is 6.30. The van der Waals surface area contributed by atoms with Gasteiger partial charge in [-0.05, 0) is 90.3 Å². The molecule has 2 heteroatoms. The van der Waals surface area contributed by atoms with E-state index in [-0.39, 0.29) is 10.8 Å². The third-order valence-corrected chi connectivity index (χ3v) is 7.21. The number of hydrogen-bond donors (Lipinski definition) is 0. The van der Waals surface area contributed by atoms with E-state index in [1.165, 1.54) is 61.3 Å². The Morgan fingerprint density at radius 3 is 1.94 bits per heavy atom. The average Bonchev–Trinajstić information content (AvgIpc) is 2.81. The fourth-order valence-corrected chi connectivity index (χ4v) is 5.09. The van der Waals surface area contributed by atoms with Gasteiger partial charge in [0.2, 0.25) is 0 Å². The van der Waals surface area contributed by atoms with Gasteiger partial charge in [-0.2, -0.15) is 0 Å². The molecule has 3 aromatic rings. The molecule has 0 nitrogen and oxygen atoms in total. The largest absolute Gasteiger partial charge is 0.205 e. The van der Waals surface area contributed by atoms with Crippen molar-refractivity contribution in [1.29, 1.82) is 0 Å². The van der Waals surface area contributed by atoms with E-state index in [1.807, 2.05) is 6.07 Å². The van der Waals surface area contributed by atoms with E-state index >= 15 is 0 Å². The van der Waals surface area contributed by atoms with Crippen LogP contribution in [0.3, 0.4) is 0 Å². The van der Waals surface area contributed by atoms with Crippen molar-refractivity contribution in [3.05, 3.63) is 94.3 Å². The highest BCUT2D eigenvalue weighted by Crippen LogP contribution is 2.37. The molecule has 1 aliphatic carbocycles. The third kappa shape index (κ3) is 5.77. The molecule has 0 aliphatic heterocycles. The van der Waals surface area contributed by atoms with E-state index < -0.39 is 0 Å². The Morgan fingerprint density at radius 2 is 1.35 bits per heavy atom. The molecule has 1 saturated carbocycles. The number of benzene rings is 3. The molecule has 0 atom stereocenters. The predicted octanol–water partition coefficient (Wildman–Crippen LogP) is 9.01. The lowest BCUT2D eigenvalue weighted by molar-refractivity contribution is 0.308. The van der Waals surface area contributed by atoms with Crippen molar-refractivity contribution in [2.75, 3.05) is 0 Å². The quantitative estimate of drug-likeness (QED) is 0.348. The van der Waals surface area contributed by atoms with Gasteiger partial charge in [-0.1, -0.05) is 86.0 Å². The first kappa shape index (κ1) is 22.1. The highest BCUT2D eigenvalue weighted by atomic mass is 35.5. The van der Waals surface area contributed by atoms with Crippen LogP contribution >= 0.6 is 11.6 Å². The van der Waals surface area contributed by atoms with Gasteiger partial charge < -0.3 is 0 Å². The Morgan fingerprint density at radius 1 is 0.774 bits per heavy atom. The summed E-state index contributed by atoms with van der Waals surface area (Å²) in [6, 6.07) is 22.7. The van der Waals surface area contributed by atoms with Crippen LogP contribution in [0.1, 0.15) is 68.1 Å². The molecule has 162 valence electrons. The minimum atomic E-state index is -0.374. The number of halogens is 2. The SMILES string of the molecule is CCCC1CCC(c2ccc(CCc3ccc(-c4ccc(Cl)c(F)c4)cc3)cc2)CC1. The van der Waals surface area contributed by atoms with Crippen LogP contribution in [0, 0.1) is 11.7 Å². The summed E-state index contributed by atoms with van der Waals surface area (Å²) in [6.45, 7) is 2.31. The molecule has 0 unspecified atom stereocenters. The van der Waals surface area contributed by atoms with Gasteiger partial charge in [-0.25, -0.2) is 4.39 Å². The van der Waals surface area contributed by atoms with Gasteiger partial charge in [0, 0.05) is 0 Å². The lowest BCUT2D eigenvalue weighted by atomic mass is 9.77. The maximum atomic E-state index is 13.7. The first-order valence-electron chi connectivity index (χ1n) is 11.8. The summed E-state index contributed by atoms with van der Waals surface area (Å²) in [5, 5.41) is 0.163. The van der Waals surface area contributed by atoms with E-state index in [4.69, 9.17) is 11.6 Å². The molecule has 31 heavy (non-hydrogen) atoms. The maximum absolute atomic E-state index is 13.7. The Hall–Kier alpha value is -2.12. The molecular weight excluding hydrogens is 403 g/mol. The topological polar surface area (TPSA) is 0 Å². The highest BCUT2D eigenvalue weighted by Gasteiger charge is 2.21. The fraction of sp³-hybridized carbons (Fsp3) is 0.379. The van der Waals surface area contributed by atoms with Gasteiger partial charge in [0.05, 0.1) is 5.02 Å². The second-order valence-corrected chi connectivity index (χ2v) is 9.48. The summed E-state index contributed by atoms with van der Waals surface area (Å²) < 4.78 is 13.7. The minimum absolute atomic E-state index is 0.163. The average molecular weight is 435 g/mol. The Balaban J connectivity index is 1.31. The second-order valence-electron chi connectivity index (χ2n) is 9.07. The Bertz CT molecular complexity index is 967. The van der Waals surface area contributed by atoms with Gasteiger partial charge in [-0.3, -0.25) is 0 Å². The summed E-state index contributed by atoms with van der Waals surface area (Å²) in [4.78, 5) is 0. The molecule has 3 aromatic carbocycles. The molecule has 0 N–H and O–H groups in total. The van der Waals surface area contributed by atoms with Crippen LogP contribution in [0.15, 0.2) is 66.7 Å². The number of rotatable bonds is 7. The van der Waals surface area contributed by atoms with Crippen molar-refractivity contribution in [2.45, 2.75) is 64.2 Å². The van der Waals surface area contributed by atoms with Crippen molar-refractivity contribution in [3.8, 4) is 11.1 Å². The van der Waals surface area contributed by atoms with E-state index in [0.717, 1.165) is 35.8 Å². The fourth-order valence-electron chi connectivity index (χ4n) is 4.98. The molecule has 4 rings (SSSR count). The molecule has 1 aliphatic rings. The van der Waals surface area contributed by atoms with Crippen molar-refractivity contribution < 1.29 is 4.39 Å². The van der Waals surface area contributed by atoms with Crippen LogP contribution in [-0.2, 0) is 12.8 Å². The van der Waals surface area contributed by atoms with Crippen molar-refractivity contribution in [3.63, 3.8) is 0 Å². The van der Waals surface area contributed by atoms with Crippen LogP contribution in [0.2, 0.25) is 5.02 Å². The van der Waals surface area contributed by atoms with Gasteiger partial charge in [0.15, 0.2) is 0 Å².